The molecule has 0 saturated carbocycles. The zero-order chi connectivity index (χ0) is 9.54. The molecule has 1 aliphatic heterocycles. The molecule has 0 fully saturated rings. The normalized spacial score (nSPS) is 14.6. The molecular formula is C13H12S. The highest BCUT2D eigenvalue weighted by Crippen LogP contribution is 2.35. The van der Waals surface area contributed by atoms with E-state index in [4.69, 9.17) is 0 Å². The van der Waals surface area contributed by atoms with E-state index in [1.165, 1.54) is 39.0 Å². The Bertz CT molecular complexity index is 490. The summed E-state index contributed by atoms with van der Waals surface area (Å²) in [5.41, 5.74) is 4.42. The van der Waals surface area contributed by atoms with Gasteiger partial charge in [0.15, 0.2) is 0 Å². The van der Waals surface area contributed by atoms with Gasteiger partial charge in [-0.25, -0.2) is 0 Å². The summed E-state index contributed by atoms with van der Waals surface area (Å²) >= 11 is 2.02. The molecule has 1 heterocycles. The molecular weight excluding hydrogens is 188 g/mol. The van der Waals surface area contributed by atoms with E-state index in [-0.39, 0.29) is 0 Å². The van der Waals surface area contributed by atoms with Gasteiger partial charge in [-0.1, -0.05) is 30.3 Å². The maximum absolute atomic E-state index is 2.29. The van der Waals surface area contributed by atoms with E-state index >= 15 is 0 Å². The summed E-state index contributed by atoms with van der Waals surface area (Å²) < 4.78 is 0. The van der Waals surface area contributed by atoms with Crippen LogP contribution < -0.4 is 0 Å². The molecule has 0 aliphatic carbocycles. The predicted molar refractivity (Wildman–Crippen MR) is 63.7 cm³/mol. The van der Waals surface area contributed by atoms with E-state index in [1.807, 2.05) is 11.8 Å². The van der Waals surface area contributed by atoms with Crippen molar-refractivity contribution in [2.24, 2.45) is 0 Å². The molecule has 0 spiro atoms. The first kappa shape index (κ1) is 8.37. The average molecular weight is 200 g/mol. The molecule has 3 rings (SSSR count). The van der Waals surface area contributed by atoms with Crippen LogP contribution in [0.4, 0.5) is 0 Å². The summed E-state index contributed by atoms with van der Waals surface area (Å²) in [4.78, 5) is 0. The van der Waals surface area contributed by atoms with Gasteiger partial charge in [0, 0.05) is 11.5 Å². The van der Waals surface area contributed by atoms with E-state index < -0.39 is 0 Å². The van der Waals surface area contributed by atoms with Crippen LogP contribution in [0.25, 0.3) is 10.8 Å². The van der Waals surface area contributed by atoms with E-state index in [0.717, 1.165) is 0 Å². The third-order valence-electron chi connectivity index (χ3n) is 2.95. The van der Waals surface area contributed by atoms with Crippen LogP contribution in [0.1, 0.15) is 16.7 Å². The molecule has 0 atom stereocenters. The highest BCUT2D eigenvalue weighted by atomic mass is 32.2. The minimum Gasteiger partial charge on any atom is -0.152 e. The molecule has 0 N–H and O–H groups in total. The second-order valence-electron chi connectivity index (χ2n) is 3.87. The van der Waals surface area contributed by atoms with E-state index in [0.29, 0.717) is 0 Å². The van der Waals surface area contributed by atoms with Crippen LogP contribution >= 0.6 is 11.8 Å². The Morgan fingerprint density at radius 1 is 1.00 bits per heavy atom. The van der Waals surface area contributed by atoms with Crippen LogP contribution in [0.3, 0.4) is 0 Å². The Kier molecular flexibility index (Phi) is 1.81. The molecule has 0 amide bonds. The number of benzene rings is 2. The molecule has 2 aromatic rings. The van der Waals surface area contributed by atoms with Gasteiger partial charge in [0.05, 0.1) is 0 Å². The van der Waals surface area contributed by atoms with Crippen molar-refractivity contribution in [2.45, 2.75) is 18.4 Å². The molecule has 0 nitrogen and oxygen atoms in total. The van der Waals surface area contributed by atoms with Gasteiger partial charge in [0.25, 0.3) is 0 Å². The van der Waals surface area contributed by atoms with E-state index in [2.05, 4.69) is 37.3 Å². The number of hydrogen-bond donors (Lipinski definition) is 0. The number of hydrogen-bond acceptors (Lipinski definition) is 1. The topological polar surface area (TPSA) is 0 Å². The highest BCUT2D eigenvalue weighted by Gasteiger charge is 2.12. The van der Waals surface area contributed by atoms with Crippen LogP contribution in [0.15, 0.2) is 30.3 Å². The number of aryl methyl sites for hydroxylation is 1. The van der Waals surface area contributed by atoms with Gasteiger partial charge in [0.1, 0.15) is 0 Å². The summed E-state index contributed by atoms with van der Waals surface area (Å²) in [7, 11) is 0. The van der Waals surface area contributed by atoms with Gasteiger partial charge in [0.2, 0.25) is 0 Å². The van der Waals surface area contributed by atoms with Gasteiger partial charge >= 0.3 is 0 Å². The summed E-state index contributed by atoms with van der Waals surface area (Å²) in [6.07, 6.45) is 0. The van der Waals surface area contributed by atoms with Gasteiger partial charge in [-0.3, -0.25) is 0 Å². The Balaban J connectivity index is 2.51. The molecule has 0 bridgehead atoms. The first-order chi connectivity index (χ1) is 6.86. The monoisotopic (exact) mass is 200 g/mol. The second-order valence-corrected chi connectivity index (χ2v) is 4.86. The van der Waals surface area contributed by atoms with Crippen molar-refractivity contribution in [3.05, 3.63) is 47.0 Å². The minimum atomic E-state index is 1.17. The number of thioether (sulfide) groups is 1. The SMILES string of the molecule is Cc1ccc2c3c(cccc13)CSC2. The van der Waals surface area contributed by atoms with Gasteiger partial charge in [-0.05, 0) is 34.4 Å². The quantitative estimate of drug-likeness (QED) is 0.621. The van der Waals surface area contributed by atoms with Crippen LogP contribution in [0, 0.1) is 6.92 Å². The molecule has 0 radical (unpaired) electrons. The molecule has 1 aliphatic rings. The van der Waals surface area contributed by atoms with E-state index in [9.17, 15) is 0 Å². The molecule has 0 unspecified atom stereocenters. The first-order valence-corrected chi connectivity index (χ1v) is 6.09. The Morgan fingerprint density at radius 3 is 2.64 bits per heavy atom. The summed E-state index contributed by atoms with van der Waals surface area (Å²) in [6, 6.07) is 11.2. The lowest BCUT2D eigenvalue weighted by Crippen LogP contribution is -1.97. The predicted octanol–water partition coefficient (Wildman–Crippen LogP) is 3.90. The number of rotatable bonds is 0. The van der Waals surface area contributed by atoms with Gasteiger partial charge in [-0.2, -0.15) is 11.8 Å². The first-order valence-electron chi connectivity index (χ1n) is 4.94. The zero-order valence-electron chi connectivity index (χ0n) is 8.21. The lowest BCUT2D eigenvalue weighted by atomic mass is 9.97. The van der Waals surface area contributed by atoms with Crippen LogP contribution in [-0.2, 0) is 11.5 Å². The van der Waals surface area contributed by atoms with E-state index in [1.54, 1.807) is 0 Å². The minimum absolute atomic E-state index is 1.17. The molecule has 14 heavy (non-hydrogen) atoms. The standard InChI is InChI=1S/C13H12S/c1-9-5-6-11-8-14-7-10-3-2-4-12(9)13(10)11/h2-6H,7-8H2,1H3. The highest BCUT2D eigenvalue weighted by molar-refractivity contribution is 7.97. The van der Waals surface area contributed by atoms with Gasteiger partial charge in [-0.15, -0.1) is 0 Å². The Hall–Kier alpha value is -0.950. The summed E-state index contributed by atoms with van der Waals surface area (Å²) in [5.74, 6) is 2.35. The third kappa shape index (κ3) is 1.09. The van der Waals surface area contributed by atoms with Crippen LogP contribution in [0.5, 0.6) is 0 Å². The average Bonchev–Trinajstić information content (AvgIpc) is 2.24. The fourth-order valence-corrected chi connectivity index (χ4v) is 3.24. The maximum atomic E-state index is 2.29. The van der Waals surface area contributed by atoms with Crippen molar-refractivity contribution in [3.63, 3.8) is 0 Å². The summed E-state index contributed by atoms with van der Waals surface area (Å²) in [6.45, 7) is 2.20. The van der Waals surface area contributed by atoms with Crippen molar-refractivity contribution in [3.8, 4) is 0 Å². The molecule has 1 heteroatoms. The lowest BCUT2D eigenvalue weighted by Gasteiger charge is -2.17. The second kappa shape index (κ2) is 3.03. The largest absolute Gasteiger partial charge is 0.152 e. The zero-order valence-corrected chi connectivity index (χ0v) is 9.03. The van der Waals surface area contributed by atoms with Crippen LogP contribution in [-0.4, -0.2) is 0 Å². The molecule has 0 aromatic heterocycles. The maximum Gasteiger partial charge on any atom is 0.0194 e. The molecule has 0 saturated heterocycles. The third-order valence-corrected chi connectivity index (χ3v) is 3.98. The van der Waals surface area contributed by atoms with Crippen molar-refractivity contribution < 1.29 is 0 Å². The molecule has 2 aromatic carbocycles. The van der Waals surface area contributed by atoms with Gasteiger partial charge < -0.3 is 0 Å². The smallest absolute Gasteiger partial charge is 0.0194 e. The Morgan fingerprint density at radius 2 is 1.79 bits per heavy atom. The lowest BCUT2D eigenvalue weighted by molar-refractivity contribution is 1.33. The Labute approximate surface area is 88.3 Å². The van der Waals surface area contributed by atoms with Crippen molar-refractivity contribution in [1.29, 1.82) is 0 Å². The van der Waals surface area contributed by atoms with Crippen molar-refractivity contribution in [2.75, 3.05) is 0 Å². The van der Waals surface area contributed by atoms with Crippen LogP contribution in [0.2, 0.25) is 0 Å². The van der Waals surface area contributed by atoms with Crippen molar-refractivity contribution in [1.82, 2.24) is 0 Å². The summed E-state index contributed by atoms with van der Waals surface area (Å²) in [5, 5.41) is 2.96. The fourth-order valence-electron chi connectivity index (χ4n) is 2.22. The fraction of sp³-hybridized carbons (Fsp3) is 0.231. The van der Waals surface area contributed by atoms with Crippen molar-refractivity contribution >= 4 is 22.5 Å². The molecule has 70 valence electrons.